The van der Waals surface area contributed by atoms with Crippen LogP contribution in [0.3, 0.4) is 0 Å². The number of aryl methyl sites for hydroxylation is 2. The molecule has 0 amide bonds. The first-order chi connectivity index (χ1) is 9.22. The van der Waals surface area contributed by atoms with Crippen molar-refractivity contribution in [2.45, 2.75) is 26.3 Å². The molecule has 0 aromatic heterocycles. The first-order valence-corrected chi connectivity index (χ1v) is 6.91. The summed E-state index contributed by atoms with van der Waals surface area (Å²) < 4.78 is 0. The predicted octanol–water partition coefficient (Wildman–Crippen LogP) is 3.53. The number of fused-ring (bicyclic) bond motifs is 1. The van der Waals surface area contributed by atoms with Gasteiger partial charge in [-0.2, -0.15) is 0 Å². The third-order valence-electron chi connectivity index (χ3n) is 3.80. The summed E-state index contributed by atoms with van der Waals surface area (Å²) in [4.78, 5) is 2.48. The molecule has 19 heavy (non-hydrogen) atoms. The number of benzene rings is 2. The number of nitrogens with zero attached hydrogens (tertiary/aromatic N) is 1. The molecular weight excluding hydrogens is 232 g/mol. The van der Waals surface area contributed by atoms with Gasteiger partial charge in [0.15, 0.2) is 0 Å². The van der Waals surface area contributed by atoms with Gasteiger partial charge in [0.1, 0.15) is 0 Å². The Morgan fingerprint density at radius 3 is 2.68 bits per heavy atom. The zero-order valence-electron chi connectivity index (χ0n) is 11.4. The molecule has 0 bridgehead atoms. The highest BCUT2D eigenvalue weighted by atomic mass is 15.1. The minimum atomic E-state index is 0.832. The smallest absolute Gasteiger partial charge is 0.0429 e. The summed E-state index contributed by atoms with van der Waals surface area (Å²) in [5, 5.41) is 0. The van der Waals surface area contributed by atoms with Crippen LogP contribution in [0.1, 0.15) is 23.1 Å². The Labute approximate surface area is 114 Å². The monoisotopic (exact) mass is 252 g/mol. The first kappa shape index (κ1) is 12.1. The Balaban J connectivity index is 1.85. The zero-order chi connectivity index (χ0) is 13.2. The molecule has 2 nitrogen and oxygen atoms in total. The molecule has 2 heteroatoms. The van der Waals surface area contributed by atoms with Crippen molar-refractivity contribution in [1.29, 1.82) is 0 Å². The largest absolute Gasteiger partial charge is 0.399 e. The van der Waals surface area contributed by atoms with E-state index in [0.29, 0.717) is 0 Å². The molecule has 0 radical (unpaired) electrons. The van der Waals surface area contributed by atoms with Crippen LogP contribution in [0.2, 0.25) is 0 Å². The Bertz CT molecular complexity index is 572. The summed E-state index contributed by atoms with van der Waals surface area (Å²) in [6.45, 7) is 4.27. The molecule has 1 heterocycles. The molecule has 0 aliphatic carbocycles. The number of anilines is 2. The molecule has 0 unspecified atom stereocenters. The fourth-order valence-corrected chi connectivity index (χ4v) is 2.81. The summed E-state index contributed by atoms with van der Waals surface area (Å²) in [7, 11) is 0. The van der Waals surface area contributed by atoms with E-state index in [2.05, 4.69) is 42.2 Å². The van der Waals surface area contributed by atoms with Crippen LogP contribution in [0.4, 0.5) is 11.4 Å². The van der Waals surface area contributed by atoms with Gasteiger partial charge in [-0.05, 0) is 49.1 Å². The van der Waals surface area contributed by atoms with Gasteiger partial charge in [0, 0.05) is 24.5 Å². The number of hydrogen-bond donors (Lipinski definition) is 1. The average Bonchev–Trinajstić information content (AvgIpc) is 2.41. The van der Waals surface area contributed by atoms with E-state index in [1.807, 2.05) is 12.1 Å². The quantitative estimate of drug-likeness (QED) is 0.828. The molecule has 0 fully saturated rings. The highest BCUT2D eigenvalue weighted by Crippen LogP contribution is 2.29. The third-order valence-corrected chi connectivity index (χ3v) is 3.80. The van der Waals surface area contributed by atoms with Gasteiger partial charge < -0.3 is 10.6 Å². The van der Waals surface area contributed by atoms with E-state index in [1.165, 1.54) is 35.2 Å². The second-order valence-corrected chi connectivity index (χ2v) is 5.40. The molecule has 0 spiro atoms. The third kappa shape index (κ3) is 2.58. The molecule has 0 saturated heterocycles. The van der Waals surface area contributed by atoms with E-state index in [0.717, 1.165) is 18.8 Å². The lowest BCUT2D eigenvalue weighted by atomic mass is 9.99. The van der Waals surface area contributed by atoms with Crippen LogP contribution in [0.15, 0.2) is 42.5 Å². The van der Waals surface area contributed by atoms with Crippen LogP contribution >= 0.6 is 0 Å². The highest BCUT2D eigenvalue weighted by molar-refractivity contribution is 5.57. The van der Waals surface area contributed by atoms with Gasteiger partial charge >= 0.3 is 0 Å². The lowest BCUT2D eigenvalue weighted by Gasteiger charge is -2.31. The SMILES string of the molecule is Cc1ccc2c(c1)CCCN2Cc1ccc(N)cc1. The van der Waals surface area contributed by atoms with Gasteiger partial charge in [-0.1, -0.05) is 29.8 Å². The van der Waals surface area contributed by atoms with Crippen molar-refractivity contribution >= 4 is 11.4 Å². The normalized spacial score (nSPS) is 14.3. The molecule has 98 valence electrons. The van der Waals surface area contributed by atoms with Crippen molar-refractivity contribution < 1.29 is 0 Å². The van der Waals surface area contributed by atoms with E-state index >= 15 is 0 Å². The Hall–Kier alpha value is -1.96. The standard InChI is InChI=1S/C17H20N2/c1-13-4-9-17-15(11-13)3-2-10-19(17)12-14-5-7-16(18)8-6-14/h4-9,11H,2-3,10,12,18H2,1H3. The van der Waals surface area contributed by atoms with Crippen molar-refractivity contribution in [2.75, 3.05) is 17.2 Å². The van der Waals surface area contributed by atoms with Gasteiger partial charge in [0.2, 0.25) is 0 Å². The maximum Gasteiger partial charge on any atom is 0.0429 e. The maximum absolute atomic E-state index is 5.74. The molecular formula is C17H20N2. The predicted molar refractivity (Wildman–Crippen MR) is 81.4 cm³/mol. The first-order valence-electron chi connectivity index (χ1n) is 6.91. The molecule has 2 aromatic carbocycles. The second-order valence-electron chi connectivity index (χ2n) is 5.40. The topological polar surface area (TPSA) is 29.3 Å². The summed E-state index contributed by atoms with van der Waals surface area (Å²) in [6.07, 6.45) is 2.45. The Morgan fingerprint density at radius 2 is 1.89 bits per heavy atom. The van der Waals surface area contributed by atoms with Crippen molar-refractivity contribution in [3.8, 4) is 0 Å². The van der Waals surface area contributed by atoms with Crippen LogP contribution in [0.25, 0.3) is 0 Å². The number of nitrogens with two attached hydrogens (primary N) is 1. The van der Waals surface area contributed by atoms with Crippen molar-refractivity contribution in [1.82, 2.24) is 0 Å². The lowest BCUT2D eigenvalue weighted by Crippen LogP contribution is -2.28. The van der Waals surface area contributed by atoms with E-state index in [4.69, 9.17) is 5.73 Å². The summed E-state index contributed by atoms with van der Waals surface area (Å²) in [5.41, 5.74) is 12.1. The van der Waals surface area contributed by atoms with E-state index in [-0.39, 0.29) is 0 Å². The summed E-state index contributed by atoms with van der Waals surface area (Å²) >= 11 is 0. The van der Waals surface area contributed by atoms with Crippen LogP contribution in [-0.2, 0) is 13.0 Å². The Morgan fingerprint density at radius 1 is 1.11 bits per heavy atom. The number of rotatable bonds is 2. The Kier molecular flexibility index (Phi) is 3.16. The van der Waals surface area contributed by atoms with Gasteiger partial charge in [-0.15, -0.1) is 0 Å². The van der Waals surface area contributed by atoms with Gasteiger partial charge in [0.05, 0.1) is 0 Å². The molecule has 2 aromatic rings. The maximum atomic E-state index is 5.74. The fraction of sp³-hybridized carbons (Fsp3) is 0.294. The summed E-state index contributed by atoms with van der Waals surface area (Å²) in [6, 6.07) is 15.0. The van der Waals surface area contributed by atoms with Gasteiger partial charge in [0.25, 0.3) is 0 Å². The summed E-state index contributed by atoms with van der Waals surface area (Å²) in [5.74, 6) is 0. The van der Waals surface area contributed by atoms with E-state index in [1.54, 1.807) is 0 Å². The molecule has 2 N–H and O–H groups in total. The van der Waals surface area contributed by atoms with Gasteiger partial charge in [-0.3, -0.25) is 0 Å². The van der Waals surface area contributed by atoms with Crippen LogP contribution < -0.4 is 10.6 Å². The number of nitrogen functional groups attached to an aromatic ring is 1. The number of hydrogen-bond acceptors (Lipinski definition) is 2. The molecule has 3 rings (SSSR count). The van der Waals surface area contributed by atoms with Crippen molar-refractivity contribution in [3.05, 3.63) is 59.2 Å². The fourth-order valence-electron chi connectivity index (χ4n) is 2.81. The van der Waals surface area contributed by atoms with Crippen LogP contribution in [0.5, 0.6) is 0 Å². The molecule has 1 aliphatic rings. The molecule has 1 aliphatic heterocycles. The van der Waals surface area contributed by atoms with Crippen molar-refractivity contribution in [3.63, 3.8) is 0 Å². The lowest BCUT2D eigenvalue weighted by molar-refractivity contribution is 0.691. The molecule has 0 atom stereocenters. The van der Waals surface area contributed by atoms with E-state index in [9.17, 15) is 0 Å². The van der Waals surface area contributed by atoms with Crippen molar-refractivity contribution in [2.24, 2.45) is 0 Å². The minimum Gasteiger partial charge on any atom is -0.399 e. The average molecular weight is 252 g/mol. The van der Waals surface area contributed by atoms with E-state index < -0.39 is 0 Å². The minimum absolute atomic E-state index is 0.832. The molecule has 0 saturated carbocycles. The highest BCUT2D eigenvalue weighted by Gasteiger charge is 2.16. The van der Waals surface area contributed by atoms with Crippen LogP contribution in [0, 0.1) is 6.92 Å². The second kappa shape index (κ2) is 4.96. The van der Waals surface area contributed by atoms with Crippen LogP contribution in [-0.4, -0.2) is 6.54 Å². The zero-order valence-corrected chi connectivity index (χ0v) is 11.4. The van der Waals surface area contributed by atoms with Gasteiger partial charge in [-0.25, -0.2) is 0 Å².